The normalized spacial score (nSPS) is 10.4. The van der Waals surface area contributed by atoms with Gasteiger partial charge < -0.3 is 14.5 Å². The fourth-order valence-electron chi connectivity index (χ4n) is 1.99. The number of nitrogens with one attached hydrogen (secondary N) is 1. The molecule has 0 saturated carbocycles. The van der Waals surface area contributed by atoms with Gasteiger partial charge in [-0.1, -0.05) is 0 Å². The van der Waals surface area contributed by atoms with Crippen LogP contribution in [0.1, 0.15) is 11.3 Å². The van der Waals surface area contributed by atoms with E-state index in [0.717, 1.165) is 0 Å². The molecule has 2 rings (SSSR count). The van der Waals surface area contributed by atoms with Crippen LogP contribution in [0.25, 0.3) is 11.4 Å². The summed E-state index contributed by atoms with van der Waals surface area (Å²) in [7, 11) is 2.61. The van der Waals surface area contributed by atoms with E-state index < -0.39 is 17.3 Å². The van der Waals surface area contributed by atoms with Gasteiger partial charge in [0.1, 0.15) is 5.82 Å². The number of carbonyl (C=O) groups excluding carboxylic acids is 1. The van der Waals surface area contributed by atoms with Crippen molar-refractivity contribution in [2.24, 2.45) is 0 Å². The Morgan fingerprint density at radius 3 is 2.64 bits per heavy atom. The third kappa shape index (κ3) is 3.13. The zero-order valence-electron chi connectivity index (χ0n) is 12.4. The fourth-order valence-corrected chi connectivity index (χ4v) is 1.99. The summed E-state index contributed by atoms with van der Waals surface area (Å²) in [5.41, 5.74) is 0.567. The highest BCUT2D eigenvalue weighted by molar-refractivity contribution is 5.72. The molecule has 7 heteroatoms. The van der Waals surface area contributed by atoms with Crippen molar-refractivity contribution in [3.8, 4) is 17.1 Å². The van der Waals surface area contributed by atoms with E-state index in [1.54, 1.807) is 13.0 Å². The number of rotatable bonds is 4. The number of benzene rings is 1. The van der Waals surface area contributed by atoms with Gasteiger partial charge in [0, 0.05) is 16.8 Å². The second-order valence-corrected chi connectivity index (χ2v) is 4.58. The minimum atomic E-state index is -0.557. The molecule has 0 bridgehead atoms. The molecule has 0 aliphatic carbocycles. The van der Waals surface area contributed by atoms with Crippen LogP contribution in [0.2, 0.25) is 0 Å². The highest BCUT2D eigenvalue weighted by Crippen LogP contribution is 2.23. The van der Waals surface area contributed by atoms with E-state index in [0.29, 0.717) is 11.3 Å². The van der Waals surface area contributed by atoms with Crippen molar-refractivity contribution >= 4 is 5.97 Å². The van der Waals surface area contributed by atoms with Gasteiger partial charge in [0.2, 0.25) is 0 Å². The number of methoxy groups -OCH3 is 2. The second-order valence-electron chi connectivity index (χ2n) is 4.58. The highest BCUT2D eigenvalue weighted by atomic mass is 19.1. The molecule has 0 unspecified atom stereocenters. The number of hydrogen-bond acceptors (Lipinski definition) is 5. The number of nitrogens with zero attached hydrogens (tertiary/aromatic N) is 1. The number of esters is 1. The molecule has 0 fully saturated rings. The SMILES string of the molecule is COC(=O)Cc1c(C)nc(-c2ccc(OC)c(F)c2)[nH]c1=O. The van der Waals surface area contributed by atoms with Gasteiger partial charge in [-0.2, -0.15) is 0 Å². The lowest BCUT2D eigenvalue weighted by molar-refractivity contribution is -0.139. The van der Waals surface area contributed by atoms with Crippen LogP contribution in [0.5, 0.6) is 5.75 Å². The molecule has 116 valence electrons. The van der Waals surface area contributed by atoms with Crippen LogP contribution in [0.15, 0.2) is 23.0 Å². The molecule has 0 aliphatic heterocycles. The number of carbonyl (C=O) groups is 1. The molecular weight excluding hydrogens is 291 g/mol. The first kappa shape index (κ1) is 15.7. The summed E-state index contributed by atoms with van der Waals surface area (Å²) >= 11 is 0. The van der Waals surface area contributed by atoms with Gasteiger partial charge in [-0.25, -0.2) is 9.37 Å². The zero-order chi connectivity index (χ0) is 16.3. The lowest BCUT2D eigenvalue weighted by Crippen LogP contribution is -2.21. The zero-order valence-corrected chi connectivity index (χ0v) is 12.4. The third-order valence-electron chi connectivity index (χ3n) is 3.20. The first-order valence-corrected chi connectivity index (χ1v) is 6.46. The van der Waals surface area contributed by atoms with Crippen molar-refractivity contribution in [1.29, 1.82) is 0 Å². The van der Waals surface area contributed by atoms with Gasteiger partial charge in [0.05, 0.1) is 20.6 Å². The first-order chi connectivity index (χ1) is 10.5. The maximum absolute atomic E-state index is 13.7. The lowest BCUT2D eigenvalue weighted by atomic mass is 10.1. The number of aromatic nitrogens is 2. The Morgan fingerprint density at radius 1 is 1.36 bits per heavy atom. The molecule has 6 nitrogen and oxygen atoms in total. The maximum atomic E-state index is 13.7. The Morgan fingerprint density at radius 2 is 2.09 bits per heavy atom. The van der Waals surface area contributed by atoms with E-state index >= 15 is 0 Å². The predicted molar refractivity (Wildman–Crippen MR) is 77.3 cm³/mol. The van der Waals surface area contributed by atoms with Gasteiger partial charge in [0.15, 0.2) is 11.6 Å². The molecule has 1 N–H and O–H groups in total. The Hall–Kier alpha value is -2.70. The van der Waals surface area contributed by atoms with Crippen molar-refractivity contribution in [3.05, 3.63) is 45.6 Å². The predicted octanol–water partition coefficient (Wildman–Crippen LogP) is 1.61. The molecule has 0 amide bonds. The summed E-state index contributed by atoms with van der Waals surface area (Å²) in [6.07, 6.45) is -0.165. The van der Waals surface area contributed by atoms with Crippen LogP contribution >= 0.6 is 0 Å². The molecule has 2 aromatic rings. The molecular formula is C15H15FN2O4. The molecule has 0 atom stereocenters. The molecule has 0 saturated heterocycles. The van der Waals surface area contributed by atoms with Gasteiger partial charge in [-0.3, -0.25) is 9.59 Å². The molecule has 1 aromatic carbocycles. The Labute approximate surface area is 125 Å². The van der Waals surface area contributed by atoms with E-state index in [4.69, 9.17) is 4.74 Å². The van der Waals surface area contributed by atoms with Crippen LogP contribution < -0.4 is 10.3 Å². The highest BCUT2D eigenvalue weighted by Gasteiger charge is 2.14. The quantitative estimate of drug-likeness (QED) is 0.868. The largest absolute Gasteiger partial charge is 0.494 e. The summed E-state index contributed by atoms with van der Waals surface area (Å²) < 4.78 is 23.1. The second kappa shape index (κ2) is 6.38. The van der Waals surface area contributed by atoms with E-state index in [2.05, 4.69) is 14.7 Å². The van der Waals surface area contributed by atoms with Crippen LogP contribution in [-0.2, 0) is 16.0 Å². The van der Waals surface area contributed by atoms with Crippen molar-refractivity contribution in [2.45, 2.75) is 13.3 Å². The molecule has 1 aromatic heterocycles. The summed E-state index contributed by atoms with van der Waals surface area (Å²) in [6.45, 7) is 1.61. The Balaban J connectivity index is 2.44. The minimum absolute atomic E-state index is 0.102. The van der Waals surface area contributed by atoms with Gasteiger partial charge in [-0.05, 0) is 25.1 Å². The number of H-pyrrole nitrogens is 1. The summed E-state index contributed by atoms with van der Waals surface area (Å²) in [4.78, 5) is 30.1. The van der Waals surface area contributed by atoms with Crippen molar-refractivity contribution in [2.75, 3.05) is 14.2 Å². The Kier molecular flexibility index (Phi) is 4.55. The molecule has 0 radical (unpaired) electrons. The van der Waals surface area contributed by atoms with Crippen molar-refractivity contribution in [1.82, 2.24) is 9.97 Å². The Bertz CT molecular complexity index is 771. The van der Waals surface area contributed by atoms with Crippen molar-refractivity contribution in [3.63, 3.8) is 0 Å². The van der Waals surface area contributed by atoms with Crippen LogP contribution in [-0.4, -0.2) is 30.2 Å². The number of aryl methyl sites for hydroxylation is 1. The molecule has 0 spiro atoms. The van der Waals surface area contributed by atoms with Gasteiger partial charge in [-0.15, -0.1) is 0 Å². The van der Waals surface area contributed by atoms with Crippen LogP contribution in [0.4, 0.5) is 4.39 Å². The van der Waals surface area contributed by atoms with Crippen LogP contribution in [0.3, 0.4) is 0 Å². The molecule has 1 heterocycles. The van der Waals surface area contributed by atoms with E-state index in [-0.39, 0.29) is 23.6 Å². The average Bonchev–Trinajstić information content (AvgIpc) is 2.50. The maximum Gasteiger partial charge on any atom is 0.310 e. The summed E-state index contributed by atoms with van der Waals surface area (Å²) in [6, 6.07) is 4.25. The first-order valence-electron chi connectivity index (χ1n) is 6.46. The van der Waals surface area contributed by atoms with Crippen molar-refractivity contribution < 1.29 is 18.7 Å². The lowest BCUT2D eigenvalue weighted by Gasteiger charge is -2.08. The summed E-state index contributed by atoms with van der Waals surface area (Å²) in [5, 5.41) is 0. The van der Waals surface area contributed by atoms with Gasteiger partial charge >= 0.3 is 5.97 Å². The summed E-state index contributed by atoms with van der Waals surface area (Å²) in [5.74, 6) is -0.764. The number of ether oxygens (including phenoxy) is 2. The monoisotopic (exact) mass is 306 g/mol. The van der Waals surface area contributed by atoms with E-state index in [1.165, 1.54) is 26.4 Å². The van der Waals surface area contributed by atoms with Gasteiger partial charge in [0.25, 0.3) is 5.56 Å². The average molecular weight is 306 g/mol. The minimum Gasteiger partial charge on any atom is -0.494 e. The van der Waals surface area contributed by atoms with E-state index in [1.807, 2.05) is 0 Å². The molecule has 0 aliphatic rings. The number of aromatic amines is 1. The fraction of sp³-hybridized carbons (Fsp3) is 0.267. The standard InChI is InChI=1S/C15H15FN2O4/c1-8-10(7-13(19)22-3)15(20)18-14(17-8)9-4-5-12(21-2)11(16)6-9/h4-6H,7H2,1-3H3,(H,17,18,20). The topological polar surface area (TPSA) is 81.3 Å². The smallest absolute Gasteiger partial charge is 0.310 e. The van der Waals surface area contributed by atoms with Crippen LogP contribution in [0, 0.1) is 12.7 Å². The number of hydrogen-bond donors (Lipinski definition) is 1. The third-order valence-corrected chi connectivity index (χ3v) is 3.20. The number of halogens is 1. The molecule has 22 heavy (non-hydrogen) atoms. The van der Waals surface area contributed by atoms with E-state index in [9.17, 15) is 14.0 Å².